The van der Waals surface area contributed by atoms with Crippen molar-refractivity contribution in [2.24, 2.45) is 23.7 Å². The minimum Gasteiger partial charge on any atom is -0.174 e. The van der Waals surface area contributed by atoms with Gasteiger partial charge in [0.25, 0.3) is 6.08 Å². The van der Waals surface area contributed by atoms with Crippen molar-refractivity contribution in [2.45, 2.75) is 71.6 Å². The monoisotopic (exact) mass is 296 g/mol. The van der Waals surface area contributed by atoms with Crippen LogP contribution in [0, 0.1) is 23.7 Å². The number of halogens is 2. The van der Waals surface area contributed by atoms with Crippen molar-refractivity contribution in [3.8, 4) is 0 Å². The first-order chi connectivity index (χ1) is 10.0. The molecule has 0 spiro atoms. The van der Waals surface area contributed by atoms with Gasteiger partial charge in [-0.15, -0.1) is 0 Å². The van der Waals surface area contributed by atoms with Crippen LogP contribution in [-0.4, -0.2) is 0 Å². The molecular weight excluding hydrogens is 266 g/mol. The predicted octanol–water partition coefficient (Wildman–Crippen LogP) is 6.74. The van der Waals surface area contributed by atoms with Crippen molar-refractivity contribution >= 4 is 0 Å². The SMILES string of the molecule is CC(=CC1CCC(C)CC1)C1CCC(CC=C(F)F)CC1. The van der Waals surface area contributed by atoms with Crippen molar-refractivity contribution < 1.29 is 8.78 Å². The molecule has 2 aliphatic carbocycles. The Morgan fingerprint density at radius 3 is 2.14 bits per heavy atom. The molecule has 0 amide bonds. The maximum Gasteiger partial charge on any atom is 0.266 e. The molecule has 0 radical (unpaired) electrons. The van der Waals surface area contributed by atoms with Gasteiger partial charge >= 0.3 is 0 Å². The van der Waals surface area contributed by atoms with Crippen LogP contribution in [0.2, 0.25) is 0 Å². The second kappa shape index (κ2) is 8.10. The zero-order valence-electron chi connectivity index (χ0n) is 13.6. The Kier molecular flexibility index (Phi) is 6.44. The molecule has 0 heterocycles. The Morgan fingerprint density at radius 1 is 0.952 bits per heavy atom. The molecule has 0 aromatic rings. The summed E-state index contributed by atoms with van der Waals surface area (Å²) in [7, 11) is 0. The van der Waals surface area contributed by atoms with Gasteiger partial charge in [-0.3, -0.25) is 0 Å². The van der Waals surface area contributed by atoms with Gasteiger partial charge in [0.05, 0.1) is 0 Å². The van der Waals surface area contributed by atoms with Crippen molar-refractivity contribution in [2.75, 3.05) is 0 Å². The van der Waals surface area contributed by atoms with Gasteiger partial charge in [-0.2, -0.15) is 8.78 Å². The van der Waals surface area contributed by atoms with Crippen LogP contribution in [-0.2, 0) is 0 Å². The van der Waals surface area contributed by atoms with Crippen molar-refractivity contribution in [1.82, 2.24) is 0 Å². The quantitative estimate of drug-likeness (QED) is 0.504. The predicted molar refractivity (Wildman–Crippen MR) is 85.2 cm³/mol. The molecule has 2 saturated carbocycles. The summed E-state index contributed by atoms with van der Waals surface area (Å²) in [5.74, 6) is 2.89. The maximum atomic E-state index is 12.1. The second-order valence-electron chi connectivity index (χ2n) is 7.38. The minimum atomic E-state index is -1.51. The molecule has 2 heteroatoms. The standard InChI is InChI=1S/C19H30F2/c1-14-3-5-17(6-4-14)13-15(2)18-10-7-16(8-11-18)9-12-19(20)21/h12-14,16-18H,3-11H2,1-2H3. The van der Waals surface area contributed by atoms with Crippen molar-refractivity contribution in [3.63, 3.8) is 0 Å². The van der Waals surface area contributed by atoms with Gasteiger partial charge in [-0.1, -0.05) is 31.4 Å². The lowest BCUT2D eigenvalue weighted by Gasteiger charge is -2.30. The first-order valence-corrected chi connectivity index (χ1v) is 8.74. The van der Waals surface area contributed by atoms with Gasteiger partial charge in [-0.25, -0.2) is 0 Å². The molecule has 2 aliphatic rings. The van der Waals surface area contributed by atoms with E-state index < -0.39 is 6.08 Å². The van der Waals surface area contributed by atoms with Gasteiger partial charge in [0.2, 0.25) is 0 Å². The molecule has 0 unspecified atom stereocenters. The fraction of sp³-hybridized carbons (Fsp3) is 0.789. The Bertz CT molecular complexity index is 363. The first kappa shape index (κ1) is 16.7. The van der Waals surface area contributed by atoms with E-state index in [0.29, 0.717) is 18.3 Å². The molecule has 0 N–H and O–H groups in total. The summed E-state index contributed by atoms with van der Waals surface area (Å²) in [5.41, 5.74) is 1.57. The topological polar surface area (TPSA) is 0 Å². The maximum absolute atomic E-state index is 12.1. The molecule has 120 valence electrons. The molecule has 0 aromatic heterocycles. The highest BCUT2D eigenvalue weighted by Gasteiger charge is 2.23. The molecule has 0 aliphatic heterocycles. The Morgan fingerprint density at radius 2 is 1.57 bits per heavy atom. The molecule has 2 rings (SSSR count). The number of hydrogen-bond acceptors (Lipinski definition) is 0. The van der Waals surface area contributed by atoms with Crippen LogP contribution in [0.1, 0.15) is 71.6 Å². The summed E-state index contributed by atoms with van der Waals surface area (Å²) in [5, 5.41) is 0. The molecule has 21 heavy (non-hydrogen) atoms. The fourth-order valence-electron chi connectivity index (χ4n) is 4.07. The molecule has 0 atom stereocenters. The molecule has 0 nitrogen and oxygen atoms in total. The van der Waals surface area contributed by atoms with E-state index in [0.717, 1.165) is 30.8 Å². The van der Waals surface area contributed by atoms with E-state index in [1.165, 1.54) is 38.5 Å². The number of hydrogen-bond donors (Lipinski definition) is 0. The molecule has 2 fully saturated rings. The van der Waals surface area contributed by atoms with Gasteiger partial charge in [0, 0.05) is 0 Å². The van der Waals surface area contributed by atoms with Gasteiger partial charge in [0.15, 0.2) is 0 Å². The third kappa shape index (κ3) is 5.56. The largest absolute Gasteiger partial charge is 0.266 e. The van der Waals surface area contributed by atoms with Crippen LogP contribution in [0.15, 0.2) is 23.8 Å². The van der Waals surface area contributed by atoms with E-state index in [1.54, 1.807) is 5.57 Å². The highest BCUT2D eigenvalue weighted by atomic mass is 19.3. The van der Waals surface area contributed by atoms with Gasteiger partial charge in [-0.05, 0) is 81.6 Å². The van der Waals surface area contributed by atoms with E-state index in [-0.39, 0.29) is 0 Å². The van der Waals surface area contributed by atoms with Crippen LogP contribution in [0.3, 0.4) is 0 Å². The summed E-state index contributed by atoms with van der Waals surface area (Å²) >= 11 is 0. The highest BCUT2D eigenvalue weighted by Crippen LogP contribution is 2.37. The Balaban J connectivity index is 1.77. The lowest BCUT2D eigenvalue weighted by atomic mass is 9.75. The number of rotatable bonds is 4. The summed E-state index contributed by atoms with van der Waals surface area (Å²) in [4.78, 5) is 0. The summed E-state index contributed by atoms with van der Waals surface area (Å²) in [6.45, 7) is 4.66. The van der Waals surface area contributed by atoms with Crippen LogP contribution < -0.4 is 0 Å². The zero-order valence-corrected chi connectivity index (χ0v) is 13.6. The van der Waals surface area contributed by atoms with Crippen molar-refractivity contribution in [1.29, 1.82) is 0 Å². The Hall–Kier alpha value is -0.660. The van der Waals surface area contributed by atoms with Crippen LogP contribution >= 0.6 is 0 Å². The van der Waals surface area contributed by atoms with Gasteiger partial charge in [0.1, 0.15) is 0 Å². The van der Waals surface area contributed by atoms with E-state index >= 15 is 0 Å². The minimum absolute atomic E-state index is 0.478. The van der Waals surface area contributed by atoms with E-state index in [9.17, 15) is 8.78 Å². The van der Waals surface area contributed by atoms with E-state index in [2.05, 4.69) is 19.9 Å². The third-order valence-electron chi connectivity index (χ3n) is 5.66. The van der Waals surface area contributed by atoms with Crippen LogP contribution in [0.4, 0.5) is 8.78 Å². The third-order valence-corrected chi connectivity index (χ3v) is 5.66. The average molecular weight is 296 g/mol. The van der Waals surface area contributed by atoms with E-state index in [1.807, 2.05) is 0 Å². The number of allylic oxidation sites excluding steroid dienone is 3. The zero-order chi connectivity index (χ0) is 15.2. The normalized spacial score (nSPS) is 34.6. The van der Waals surface area contributed by atoms with E-state index in [4.69, 9.17) is 0 Å². The van der Waals surface area contributed by atoms with Crippen LogP contribution in [0.25, 0.3) is 0 Å². The molecule has 0 saturated heterocycles. The summed E-state index contributed by atoms with van der Waals surface area (Å²) in [6, 6.07) is 0. The summed E-state index contributed by atoms with van der Waals surface area (Å²) < 4.78 is 24.3. The Labute approximate surface area is 128 Å². The average Bonchev–Trinajstić information content (AvgIpc) is 2.48. The molecule has 0 bridgehead atoms. The van der Waals surface area contributed by atoms with Gasteiger partial charge < -0.3 is 0 Å². The fourth-order valence-corrected chi connectivity index (χ4v) is 4.07. The van der Waals surface area contributed by atoms with Crippen LogP contribution in [0.5, 0.6) is 0 Å². The molecule has 0 aromatic carbocycles. The first-order valence-electron chi connectivity index (χ1n) is 8.74. The second-order valence-corrected chi connectivity index (χ2v) is 7.38. The lowest BCUT2D eigenvalue weighted by molar-refractivity contribution is 0.294. The van der Waals surface area contributed by atoms with Crippen molar-refractivity contribution in [3.05, 3.63) is 23.8 Å². The molecular formula is C19H30F2. The smallest absolute Gasteiger partial charge is 0.174 e. The lowest BCUT2D eigenvalue weighted by Crippen LogP contribution is -2.16. The summed E-state index contributed by atoms with van der Waals surface area (Å²) in [6.07, 6.45) is 12.8. The highest BCUT2D eigenvalue weighted by molar-refractivity contribution is 5.07.